The summed E-state index contributed by atoms with van der Waals surface area (Å²) < 4.78 is 18.4. The van der Waals surface area contributed by atoms with Gasteiger partial charge in [-0.25, -0.2) is 0 Å². The van der Waals surface area contributed by atoms with Crippen LogP contribution < -0.4 is 15.3 Å². The molecule has 2 aromatic rings. The fourth-order valence-corrected chi connectivity index (χ4v) is 4.19. The first kappa shape index (κ1) is 11.5. The molecule has 1 atom stereocenters. The highest BCUT2D eigenvalue weighted by atomic mass is 31.2. The van der Waals surface area contributed by atoms with Gasteiger partial charge in [0, 0.05) is 0 Å². The van der Waals surface area contributed by atoms with Crippen LogP contribution in [0.4, 0.5) is 0 Å². The number of ether oxygens (including phenoxy) is 1. The zero-order valence-electron chi connectivity index (χ0n) is 10.2. The fraction of sp³-hybridized carbons (Fsp3) is 0.143. The van der Waals surface area contributed by atoms with E-state index in [-0.39, 0.29) is 0 Å². The van der Waals surface area contributed by atoms with Crippen molar-refractivity contribution in [2.45, 2.75) is 13.8 Å². The first-order valence-electron chi connectivity index (χ1n) is 5.72. The molecule has 92 valence electrons. The van der Waals surface area contributed by atoms with Crippen LogP contribution in [0.2, 0.25) is 0 Å². The summed E-state index contributed by atoms with van der Waals surface area (Å²) in [7, 11) is -3.55. The molecule has 1 heterocycles. The van der Waals surface area contributed by atoms with Crippen molar-refractivity contribution in [3.8, 4) is 11.5 Å². The Morgan fingerprint density at radius 1 is 1.11 bits per heavy atom. The lowest BCUT2D eigenvalue weighted by Crippen LogP contribution is -2.25. The zero-order valence-corrected chi connectivity index (χ0v) is 11.1. The molecule has 1 unspecified atom stereocenters. The Bertz CT molecular complexity index is 691. The monoisotopic (exact) mass is 260 g/mol. The molecule has 0 radical (unpaired) electrons. The van der Waals surface area contributed by atoms with Gasteiger partial charge >= 0.3 is 0 Å². The molecule has 0 bridgehead atoms. The third-order valence-electron chi connectivity index (χ3n) is 3.17. The Morgan fingerprint density at radius 3 is 2.67 bits per heavy atom. The first-order chi connectivity index (χ1) is 8.50. The summed E-state index contributed by atoms with van der Waals surface area (Å²) in [6, 6.07) is 10.7. The smallest absolute Gasteiger partial charge is 0.266 e. The van der Waals surface area contributed by atoms with E-state index in [9.17, 15) is 9.46 Å². The van der Waals surface area contributed by atoms with Crippen molar-refractivity contribution >= 4 is 18.0 Å². The summed E-state index contributed by atoms with van der Waals surface area (Å²) in [6.45, 7) is 3.75. The number of rotatable bonds is 0. The molecular formula is C14H13O3P. The van der Waals surface area contributed by atoms with Crippen LogP contribution in [-0.4, -0.2) is 4.89 Å². The van der Waals surface area contributed by atoms with E-state index in [0.717, 1.165) is 11.1 Å². The Morgan fingerprint density at radius 2 is 1.89 bits per heavy atom. The molecule has 0 aromatic heterocycles. The SMILES string of the molecule is Cc1ccc2c(c1)Oc1cccc(C)c1P2(=O)O. The summed E-state index contributed by atoms with van der Waals surface area (Å²) in [4.78, 5) is 10.4. The highest BCUT2D eigenvalue weighted by Gasteiger charge is 2.36. The second-order valence-corrected chi connectivity index (χ2v) is 6.65. The molecule has 0 fully saturated rings. The van der Waals surface area contributed by atoms with Crippen LogP contribution >= 0.6 is 7.37 Å². The van der Waals surface area contributed by atoms with Gasteiger partial charge in [0.15, 0.2) is 0 Å². The van der Waals surface area contributed by atoms with E-state index in [4.69, 9.17) is 4.74 Å². The van der Waals surface area contributed by atoms with Crippen molar-refractivity contribution in [3.63, 3.8) is 0 Å². The van der Waals surface area contributed by atoms with Gasteiger partial charge in [-0.15, -0.1) is 0 Å². The summed E-state index contributed by atoms with van der Waals surface area (Å²) >= 11 is 0. The maximum absolute atomic E-state index is 12.7. The van der Waals surface area contributed by atoms with Crippen molar-refractivity contribution < 1.29 is 14.2 Å². The van der Waals surface area contributed by atoms with Gasteiger partial charge in [0.05, 0.1) is 10.6 Å². The summed E-state index contributed by atoms with van der Waals surface area (Å²) in [6.07, 6.45) is 0. The normalized spacial score (nSPS) is 20.8. The van der Waals surface area contributed by atoms with E-state index in [1.807, 2.05) is 32.0 Å². The minimum absolute atomic E-state index is 0.384. The summed E-state index contributed by atoms with van der Waals surface area (Å²) in [5.41, 5.74) is 1.79. The standard InChI is InChI=1S/C14H13O3P/c1-9-6-7-13-12(8-9)17-11-5-3-4-10(2)14(11)18(13,15)16/h3-8H,1-2H3,(H,15,16). The van der Waals surface area contributed by atoms with E-state index in [1.165, 1.54) is 0 Å². The molecule has 1 aliphatic rings. The van der Waals surface area contributed by atoms with Crippen molar-refractivity contribution in [2.24, 2.45) is 0 Å². The average molecular weight is 260 g/mol. The van der Waals surface area contributed by atoms with E-state index in [2.05, 4.69) is 0 Å². The molecule has 1 aliphatic heterocycles. The van der Waals surface area contributed by atoms with Crippen LogP contribution in [0.1, 0.15) is 11.1 Å². The van der Waals surface area contributed by atoms with E-state index < -0.39 is 7.37 Å². The topological polar surface area (TPSA) is 46.5 Å². The predicted molar refractivity (Wildman–Crippen MR) is 71.5 cm³/mol. The van der Waals surface area contributed by atoms with Gasteiger partial charge in [-0.1, -0.05) is 18.2 Å². The average Bonchev–Trinajstić information content (AvgIpc) is 2.27. The molecule has 4 heteroatoms. The van der Waals surface area contributed by atoms with Gasteiger partial charge in [-0.05, 0) is 43.2 Å². The van der Waals surface area contributed by atoms with Crippen LogP contribution in [-0.2, 0) is 4.57 Å². The van der Waals surface area contributed by atoms with Crippen molar-refractivity contribution in [2.75, 3.05) is 0 Å². The molecule has 3 rings (SSSR count). The van der Waals surface area contributed by atoms with Gasteiger partial charge in [0.2, 0.25) is 0 Å². The number of aryl methyl sites for hydroxylation is 2. The summed E-state index contributed by atoms with van der Waals surface area (Å²) in [5.74, 6) is 0.970. The van der Waals surface area contributed by atoms with Crippen molar-refractivity contribution in [3.05, 3.63) is 47.5 Å². The molecule has 0 aliphatic carbocycles. The van der Waals surface area contributed by atoms with Crippen LogP contribution in [0, 0.1) is 13.8 Å². The lowest BCUT2D eigenvalue weighted by atomic mass is 10.2. The lowest BCUT2D eigenvalue weighted by molar-refractivity contribution is 0.465. The number of benzene rings is 2. The van der Waals surface area contributed by atoms with Gasteiger partial charge in [0.1, 0.15) is 11.5 Å². The number of hydrogen-bond donors (Lipinski definition) is 1. The van der Waals surface area contributed by atoms with Crippen molar-refractivity contribution in [1.29, 1.82) is 0 Å². The fourth-order valence-electron chi connectivity index (χ4n) is 2.30. The summed E-state index contributed by atoms with van der Waals surface area (Å²) in [5, 5.41) is 0.802. The largest absolute Gasteiger partial charge is 0.456 e. The van der Waals surface area contributed by atoms with Gasteiger partial charge in [-0.2, -0.15) is 0 Å². The molecule has 0 saturated heterocycles. The Labute approximate surface area is 105 Å². The van der Waals surface area contributed by atoms with Gasteiger partial charge in [0.25, 0.3) is 7.37 Å². The predicted octanol–water partition coefficient (Wildman–Crippen LogP) is 2.63. The molecule has 0 spiro atoms. The zero-order chi connectivity index (χ0) is 12.9. The third-order valence-corrected chi connectivity index (χ3v) is 5.37. The highest BCUT2D eigenvalue weighted by molar-refractivity contribution is 7.74. The number of hydrogen-bond acceptors (Lipinski definition) is 2. The molecule has 18 heavy (non-hydrogen) atoms. The van der Waals surface area contributed by atoms with E-state index in [1.54, 1.807) is 18.2 Å². The second-order valence-electron chi connectivity index (χ2n) is 4.57. The molecular weight excluding hydrogens is 247 g/mol. The van der Waals surface area contributed by atoms with Gasteiger partial charge in [-0.3, -0.25) is 4.57 Å². The molecule has 0 amide bonds. The van der Waals surface area contributed by atoms with Crippen LogP contribution in [0.25, 0.3) is 0 Å². The molecule has 1 N–H and O–H groups in total. The quantitative estimate of drug-likeness (QED) is 0.741. The minimum Gasteiger partial charge on any atom is -0.456 e. The molecule has 0 saturated carbocycles. The molecule has 2 aromatic carbocycles. The maximum Gasteiger partial charge on any atom is 0.266 e. The van der Waals surface area contributed by atoms with Crippen LogP contribution in [0.5, 0.6) is 11.5 Å². The first-order valence-corrected chi connectivity index (χ1v) is 7.38. The Kier molecular flexibility index (Phi) is 2.37. The van der Waals surface area contributed by atoms with Gasteiger partial charge < -0.3 is 9.63 Å². The highest BCUT2D eigenvalue weighted by Crippen LogP contribution is 2.49. The van der Waals surface area contributed by atoms with Crippen LogP contribution in [0.3, 0.4) is 0 Å². The third kappa shape index (κ3) is 1.52. The second kappa shape index (κ2) is 3.71. The Balaban J connectivity index is 2.33. The maximum atomic E-state index is 12.7. The molecule has 3 nitrogen and oxygen atoms in total. The lowest BCUT2D eigenvalue weighted by Gasteiger charge is -2.26. The van der Waals surface area contributed by atoms with Crippen LogP contribution in [0.15, 0.2) is 36.4 Å². The van der Waals surface area contributed by atoms with E-state index in [0.29, 0.717) is 22.1 Å². The number of fused-ring (bicyclic) bond motifs is 2. The Hall–Kier alpha value is -1.57. The minimum atomic E-state index is -3.55. The van der Waals surface area contributed by atoms with E-state index >= 15 is 0 Å². The van der Waals surface area contributed by atoms with Crippen molar-refractivity contribution in [1.82, 2.24) is 0 Å².